The molecule has 1 unspecified atom stereocenters. The predicted molar refractivity (Wildman–Crippen MR) is 112 cm³/mol. The van der Waals surface area contributed by atoms with Crippen LogP contribution in [0.1, 0.15) is 44.0 Å². The van der Waals surface area contributed by atoms with E-state index < -0.39 is 0 Å². The zero-order chi connectivity index (χ0) is 20.8. The molecule has 1 N–H and O–H groups in total. The van der Waals surface area contributed by atoms with Gasteiger partial charge in [-0.2, -0.15) is 0 Å². The van der Waals surface area contributed by atoms with E-state index in [9.17, 15) is 4.79 Å². The minimum absolute atomic E-state index is 0.0456. The average Bonchev–Trinajstić information content (AvgIpc) is 2.71. The molecule has 7 heteroatoms. The number of nitrogens with one attached hydrogen (secondary N) is 1. The van der Waals surface area contributed by atoms with Crippen LogP contribution in [0.25, 0.3) is 0 Å². The van der Waals surface area contributed by atoms with Gasteiger partial charge in [0.05, 0.1) is 19.8 Å². The van der Waals surface area contributed by atoms with Gasteiger partial charge in [-0.1, -0.05) is 13.8 Å². The number of amides is 1. The topological polar surface area (TPSA) is 72.4 Å². The molecule has 0 radical (unpaired) electrons. The number of amidine groups is 1. The van der Waals surface area contributed by atoms with Crippen LogP contribution in [0.4, 0.5) is 0 Å². The Balaban J connectivity index is 2.68. The van der Waals surface area contributed by atoms with Gasteiger partial charge in [0.1, 0.15) is 12.4 Å². The van der Waals surface area contributed by atoms with Crippen LogP contribution in [0.15, 0.2) is 29.3 Å². The lowest BCUT2D eigenvalue weighted by molar-refractivity contribution is 0.0953. The summed E-state index contributed by atoms with van der Waals surface area (Å²) in [6.07, 6.45) is 1.97. The van der Waals surface area contributed by atoms with Crippen LogP contribution < -0.4 is 10.1 Å². The number of benzene rings is 1. The van der Waals surface area contributed by atoms with E-state index in [0.717, 1.165) is 32.5 Å². The smallest absolute Gasteiger partial charge is 0.292 e. The monoisotopic (exact) mass is 393 g/mol. The van der Waals surface area contributed by atoms with E-state index in [4.69, 9.17) is 14.2 Å². The van der Waals surface area contributed by atoms with E-state index in [-0.39, 0.29) is 18.0 Å². The summed E-state index contributed by atoms with van der Waals surface area (Å²) in [5.74, 6) is 0.428. The molecule has 0 heterocycles. The highest BCUT2D eigenvalue weighted by molar-refractivity contribution is 6.04. The molecule has 0 bridgehead atoms. The van der Waals surface area contributed by atoms with Crippen LogP contribution in [0.5, 0.6) is 5.75 Å². The van der Waals surface area contributed by atoms with E-state index in [0.29, 0.717) is 24.5 Å². The molecule has 0 aliphatic rings. The summed E-state index contributed by atoms with van der Waals surface area (Å²) in [6, 6.07) is 7.17. The molecule has 0 aromatic heterocycles. The molecule has 0 saturated heterocycles. The van der Waals surface area contributed by atoms with Gasteiger partial charge in [-0.3, -0.25) is 10.1 Å². The molecule has 1 amide bonds. The molecule has 1 aromatic carbocycles. The van der Waals surface area contributed by atoms with Crippen molar-refractivity contribution in [3.8, 4) is 5.75 Å². The van der Waals surface area contributed by atoms with Gasteiger partial charge in [-0.15, -0.1) is 0 Å². The third kappa shape index (κ3) is 9.19. The fraction of sp³-hybridized carbons (Fsp3) is 0.619. The number of aliphatic imine (C=N–C) groups is 1. The van der Waals surface area contributed by atoms with Gasteiger partial charge in [0.15, 0.2) is 0 Å². The fourth-order valence-electron chi connectivity index (χ4n) is 2.65. The molecular weight excluding hydrogens is 358 g/mol. The molecule has 1 atom stereocenters. The van der Waals surface area contributed by atoms with Crippen LogP contribution in [0, 0.1) is 0 Å². The van der Waals surface area contributed by atoms with Crippen LogP contribution in [-0.4, -0.2) is 69.9 Å². The second-order valence-corrected chi connectivity index (χ2v) is 6.48. The SMILES string of the molecule is CCN(CC)CCCC(C)N=C(NC(=O)c1ccc(OC)cc1)OCCOC. The molecule has 0 aliphatic carbocycles. The van der Waals surface area contributed by atoms with Gasteiger partial charge in [-0.05, 0) is 63.7 Å². The Labute approximate surface area is 169 Å². The van der Waals surface area contributed by atoms with Crippen molar-refractivity contribution in [2.75, 3.05) is 47.1 Å². The highest BCUT2D eigenvalue weighted by Crippen LogP contribution is 2.11. The summed E-state index contributed by atoms with van der Waals surface area (Å²) in [4.78, 5) is 19.4. The average molecular weight is 394 g/mol. The Hall–Kier alpha value is -2.12. The number of rotatable bonds is 12. The van der Waals surface area contributed by atoms with Crippen LogP contribution in [0.2, 0.25) is 0 Å². The fourth-order valence-corrected chi connectivity index (χ4v) is 2.65. The van der Waals surface area contributed by atoms with E-state index >= 15 is 0 Å². The first-order valence-electron chi connectivity index (χ1n) is 9.91. The van der Waals surface area contributed by atoms with Gasteiger partial charge < -0.3 is 19.1 Å². The Kier molecular flexibility index (Phi) is 11.9. The Bertz CT molecular complexity index is 586. The molecular formula is C21H35N3O4. The second kappa shape index (κ2) is 14.0. The number of hydrogen-bond donors (Lipinski definition) is 1. The molecule has 0 saturated carbocycles. The van der Waals surface area contributed by atoms with Crippen LogP contribution >= 0.6 is 0 Å². The Morgan fingerprint density at radius 1 is 1.14 bits per heavy atom. The van der Waals surface area contributed by atoms with E-state index in [1.165, 1.54) is 0 Å². The van der Waals surface area contributed by atoms with E-state index in [1.54, 1.807) is 38.5 Å². The molecule has 28 heavy (non-hydrogen) atoms. The van der Waals surface area contributed by atoms with Gasteiger partial charge in [0.2, 0.25) is 0 Å². The standard InChI is InChI=1S/C21H35N3O4/c1-6-24(7-2)14-8-9-17(3)22-21(28-16-15-26-4)23-20(25)18-10-12-19(27-5)13-11-18/h10-13,17H,6-9,14-16H2,1-5H3,(H,22,23,25). The highest BCUT2D eigenvalue weighted by atomic mass is 16.5. The first-order valence-corrected chi connectivity index (χ1v) is 9.91. The molecule has 0 fully saturated rings. The largest absolute Gasteiger partial charge is 0.497 e. The minimum Gasteiger partial charge on any atom is -0.497 e. The van der Waals surface area contributed by atoms with Crippen molar-refractivity contribution in [2.45, 2.75) is 39.7 Å². The summed E-state index contributed by atoms with van der Waals surface area (Å²) in [5.41, 5.74) is 0.512. The first-order chi connectivity index (χ1) is 13.5. The normalized spacial score (nSPS) is 12.7. The van der Waals surface area contributed by atoms with Crippen molar-refractivity contribution in [2.24, 2.45) is 4.99 Å². The number of carbonyl (C=O) groups excluding carboxylic acids is 1. The maximum Gasteiger partial charge on any atom is 0.292 e. The van der Waals surface area contributed by atoms with Gasteiger partial charge in [0, 0.05) is 12.7 Å². The summed E-state index contributed by atoms with van der Waals surface area (Å²) in [7, 11) is 3.19. The Morgan fingerprint density at radius 3 is 2.39 bits per heavy atom. The molecule has 0 spiro atoms. The van der Waals surface area contributed by atoms with Crippen molar-refractivity contribution in [3.63, 3.8) is 0 Å². The predicted octanol–water partition coefficient (Wildman–Crippen LogP) is 2.95. The van der Waals surface area contributed by atoms with E-state index in [1.807, 2.05) is 6.92 Å². The lowest BCUT2D eigenvalue weighted by Gasteiger charge is -2.18. The molecule has 7 nitrogen and oxygen atoms in total. The molecule has 1 aromatic rings. The third-order valence-electron chi connectivity index (χ3n) is 4.43. The number of ether oxygens (including phenoxy) is 3. The summed E-state index contributed by atoms with van der Waals surface area (Å²) in [6.45, 7) is 10.3. The zero-order valence-corrected chi connectivity index (χ0v) is 17.9. The van der Waals surface area contributed by atoms with Crippen molar-refractivity contribution in [1.82, 2.24) is 10.2 Å². The van der Waals surface area contributed by atoms with Crippen molar-refractivity contribution in [3.05, 3.63) is 29.8 Å². The third-order valence-corrected chi connectivity index (χ3v) is 4.43. The highest BCUT2D eigenvalue weighted by Gasteiger charge is 2.12. The summed E-state index contributed by atoms with van der Waals surface area (Å²) < 4.78 is 15.8. The lowest BCUT2D eigenvalue weighted by atomic mass is 10.2. The second-order valence-electron chi connectivity index (χ2n) is 6.48. The van der Waals surface area contributed by atoms with E-state index in [2.05, 4.69) is 29.1 Å². The quantitative estimate of drug-likeness (QED) is 0.336. The summed E-state index contributed by atoms with van der Waals surface area (Å²) >= 11 is 0. The van der Waals surface area contributed by atoms with Crippen LogP contribution in [-0.2, 0) is 9.47 Å². The summed E-state index contributed by atoms with van der Waals surface area (Å²) in [5, 5.41) is 2.76. The minimum atomic E-state index is -0.269. The van der Waals surface area contributed by atoms with Crippen LogP contribution in [0.3, 0.4) is 0 Å². The zero-order valence-electron chi connectivity index (χ0n) is 17.9. The lowest BCUT2D eigenvalue weighted by Crippen LogP contribution is -2.34. The first kappa shape index (κ1) is 23.9. The maximum absolute atomic E-state index is 12.5. The van der Waals surface area contributed by atoms with Gasteiger partial charge in [0.25, 0.3) is 11.9 Å². The Morgan fingerprint density at radius 2 is 1.82 bits per heavy atom. The number of carbonyl (C=O) groups is 1. The van der Waals surface area contributed by atoms with Crippen molar-refractivity contribution >= 4 is 11.9 Å². The maximum atomic E-state index is 12.5. The molecule has 0 aliphatic heterocycles. The number of nitrogens with zero attached hydrogens (tertiary/aromatic N) is 2. The van der Waals surface area contributed by atoms with Crippen molar-refractivity contribution in [1.29, 1.82) is 0 Å². The number of hydrogen-bond acceptors (Lipinski definition) is 6. The molecule has 1 rings (SSSR count). The molecule has 158 valence electrons. The van der Waals surface area contributed by atoms with Gasteiger partial charge in [-0.25, -0.2) is 4.99 Å². The van der Waals surface area contributed by atoms with Crippen molar-refractivity contribution < 1.29 is 19.0 Å². The van der Waals surface area contributed by atoms with Gasteiger partial charge >= 0.3 is 0 Å². The number of methoxy groups -OCH3 is 2.